The van der Waals surface area contributed by atoms with Crippen LogP contribution in [0, 0.1) is 23.7 Å². The lowest BCUT2D eigenvalue weighted by Crippen LogP contribution is -2.48. The Morgan fingerprint density at radius 3 is 1.88 bits per heavy atom. The van der Waals surface area contributed by atoms with Crippen molar-refractivity contribution < 1.29 is 0 Å². The molecule has 24 heavy (non-hydrogen) atoms. The molecule has 0 aromatic rings. The van der Waals surface area contributed by atoms with Crippen molar-refractivity contribution in [2.75, 3.05) is 13.6 Å². The quantitative estimate of drug-likeness (QED) is 0.605. The maximum absolute atomic E-state index is 5.49. The minimum atomic E-state index is 0.683. The minimum absolute atomic E-state index is 0.683. The van der Waals surface area contributed by atoms with Crippen molar-refractivity contribution in [3.8, 4) is 0 Å². The fourth-order valence-electron chi connectivity index (χ4n) is 6.46. The molecule has 0 aromatic carbocycles. The Kier molecular flexibility index (Phi) is 5.49. The van der Waals surface area contributed by atoms with Gasteiger partial charge >= 0.3 is 0 Å². The van der Waals surface area contributed by atoms with Crippen molar-refractivity contribution in [3.05, 3.63) is 0 Å². The molecule has 4 aliphatic carbocycles. The highest BCUT2D eigenvalue weighted by Gasteiger charge is 2.48. The molecule has 1 aliphatic heterocycles. The molecule has 0 spiro atoms. The molecule has 0 aromatic heterocycles. The molecular formula is C22H38N2. The Labute approximate surface area is 149 Å². The van der Waals surface area contributed by atoms with Crippen LogP contribution in [-0.4, -0.2) is 30.4 Å². The molecule has 5 aliphatic rings. The second-order valence-electron chi connectivity index (χ2n) is 9.47. The van der Waals surface area contributed by atoms with E-state index in [9.17, 15) is 0 Å². The van der Waals surface area contributed by atoms with Crippen LogP contribution in [0.25, 0.3) is 0 Å². The summed E-state index contributed by atoms with van der Waals surface area (Å²) in [5.74, 6) is 5.47. The summed E-state index contributed by atoms with van der Waals surface area (Å²) in [5, 5.41) is 0. The van der Waals surface area contributed by atoms with E-state index in [2.05, 4.69) is 11.9 Å². The number of hydrogen-bond acceptors (Lipinski definition) is 1. The molecule has 2 nitrogen and oxygen atoms in total. The summed E-state index contributed by atoms with van der Waals surface area (Å²) in [6.07, 6.45) is 20.1. The van der Waals surface area contributed by atoms with Gasteiger partial charge in [-0.25, -0.2) is 0 Å². The van der Waals surface area contributed by atoms with Crippen LogP contribution in [0.5, 0.6) is 0 Å². The summed E-state index contributed by atoms with van der Waals surface area (Å²) in [6.45, 7) is 1.23. The molecule has 1 heterocycles. The first-order valence-corrected chi connectivity index (χ1v) is 11.1. The summed E-state index contributed by atoms with van der Waals surface area (Å²) < 4.78 is 0. The summed E-state index contributed by atoms with van der Waals surface area (Å²) in [7, 11) is 2.32. The number of nitrogens with zero attached hydrogens (tertiary/aromatic N) is 2. The first kappa shape index (κ1) is 16.9. The third kappa shape index (κ3) is 3.83. The van der Waals surface area contributed by atoms with Gasteiger partial charge in [-0.3, -0.25) is 4.99 Å². The molecule has 5 fully saturated rings. The molecule has 4 bridgehead atoms. The topological polar surface area (TPSA) is 15.6 Å². The first-order chi connectivity index (χ1) is 11.8. The summed E-state index contributed by atoms with van der Waals surface area (Å²) >= 11 is 0. The third-order valence-corrected chi connectivity index (χ3v) is 7.56. The lowest BCUT2D eigenvalue weighted by atomic mass is 9.54. The summed E-state index contributed by atoms with van der Waals surface area (Å²) in [4.78, 5) is 8.02. The number of amidine groups is 1. The molecule has 2 heteroatoms. The molecule has 0 N–H and O–H groups in total. The van der Waals surface area contributed by atoms with Gasteiger partial charge in [-0.05, 0) is 68.6 Å². The average molecular weight is 331 g/mol. The van der Waals surface area contributed by atoms with E-state index in [1.807, 2.05) is 0 Å². The monoisotopic (exact) mass is 330 g/mol. The van der Waals surface area contributed by atoms with Gasteiger partial charge in [0.25, 0.3) is 0 Å². The van der Waals surface area contributed by atoms with Crippen LogP contribution in [0.15, 0.2) is 4.99 Å². The Morgan fingerprint density at radius 2 is 1.25 bits per heavy atom. The van der Waals surface area contributed by atoms with Gasteiger partial charge in [0.2, 0.25) is 0 Å². The van der Waals surface area contributed by atoms with Crippen LogP contribution < -0.4 is 0 Å². The number of rotatable bonds is 1. The molecule has 1 saturated heterocycles. The van der Waals surface area contributed by atoms with E-state index in [-0.39, 0.29) is 0 Å². The SMILES string of the molecule is CN1CCCCCCCCCC/C1=N\C1C2CC3CC(C2)CC1C3. The van der Waals surface area contributed by atoms with E-state index in [1.165, 1.54) is 95.9 Å². The van der Waals surface area contributed by atoms with Crippen molar-refractivity contribution in [2.45, 2.75) is 95.9 Å². The summed E-state index contributed by atoms with van der Waals surface area (Å²) in [6, 6.07) is 0.683. The average Bonchev–Trinajstić information content (AvgIpc) is 2.55. The smallest absolute Gasteiger partial charge is 0.0990 e. The maximum atomic E-state index is 5.49. The van der Waals surface area contributed by atoms with Gasteiger partial charge in [0, 0.05) is 20.0 Å². The van der Waals surface area contributed by atoms with E-state index in [1.54, 1.807) is 6.42 Å². The van der Waals surface area contributed by atoms with Gasteiger partial charge in [0.05, 0.1) is 11.9 Å². The molecule has 0 amide bonds. The number of hydrogen-bond donors (Lipinski definition) is 0. The fraction of sp³-hybridized carbons (Fsp3) is 0.955. The predicted octanol–water partition coefficient (Wildman–Crippen LogP) is 5.67. The van der Waals surface area contributed by atoms with Gasteiger partial charge in [-0.1, -0.05) is 38.5 Å². The van der Waals surface area contributed by atoms with Crippen LogP contribution in [-0.2, 0) is 0 Å². The van der Waals surface area contributed by atoms with E-state index >= 15 is 0 Å². The zero-order chi connectivity index (χ0) is 16.4. The Hall–Kier alpha value is -0.530. The van der Waals surface area contributed by atoms with E-state index < -0.39 is 0 Å². The normalized spacial score (nSPS) is 42.8. The van der Waals surface area contributed by atoms with Gasteiger partial charge in [-0.15, -0.1) is 0 Å². The minimum Gasteiger partial charge on any atom is -0.363 e. The highest BCUT2D eigenvalue weighted by atomic mass is 15.2. The van der Waals surface area contributed by atoms with Crippen molar-refractivity contribution in [2.24, 2.45) is 28.7 Å². The van der Waals surface area contributed by atoms with Crippen molar-refractivity contribution in [1.82, 2.24) is 4.90 Å². The van der Waals surface area contributed by atoms with E-state index in [0.717, 1.165) is 23.7 Å². The Balaban J connectivity index is 1.45. The van der Waals surface area contributed by atoms with Crippen molar-refractivity contribution >= 4 is 5.84 Å². The molecule has 0 unspecified atom stereocenters. The zero-order valence-electron chi connectivity index (χ0n) is 15.9. The van der Waals surface area contributed by atoms with E-state index in [4.69, 9.17) is 4.99 Å². The van der Waals surface area contributed by atoms with Crippen LogP contribution in [0.3, 0.4) is 0 Å². The van der Waals surface area contributed by atoms with Crippen LogP contribution in [0.2, 0.25) is 0 Å². The van der Waals surface area contributed by atoms with Gasteiger partial charge in [-0.2, -0.15) is 0 Å². The van der Waals surface area contributed by atoms with Gasteiger partial charge < -0.3 is 4.90 Å². The lowest BCUT2D eigenvalue weighted by molar-refractivity contribution is 0.000828. The highest BCUT2D eigenvalue weighted by Crippen LogP contribution is 2.54. The molecular weight excluding hydrogens is 292 g/mol. The molecule has 4 saturated carbocycles. The van der Waals surface area contributed by atoms with Crippen LogP contribution in [0.4, 0.5) is 0 Å². The predicted molar refractivity (Wildman–Crippen MR) is 102 cm³/mol. The van der Waals surface area contributed by atoms with Crippen molar-refractivity contribution in [3.63, 3.8) is 0 Å². The maximum Gasteiger partial charge on any atom is 0.0990 e. The van der Waals surface area contributed by atoms with Gasteiger partial charge in [0.15, 0.2) is 0 Å². The summed E-state index contributed by atoms with van der Waals surface area (Å²) in [5.41, 5.74) is 0. The standard InChI is InChI=1S/C22H38N2/c1-24-11-9-7-5-3-2-4-6-8-10-21(24)23-22-19-13-17-12-18(15-19)16-20(22)14-17/h17-20,22H,2-16H2,1H3/b23-21+. The molecule has 0 radical (unpaired) electrons. The molecule has 0 atom stereocenters. The van der Waals surface area contributed by atoms with Crippen LogP contribution >= 0.6 is 0 Å². The molecule has 5 rings (SSSR count). The lowest BCUT2D eigenvalue weighted by Gasteiger charge is -2.53. The number of aliphatic imine (C=N–C) groups is 1. The highest BCUT2D eigenvalue weighted by molar-refractivity contribution is 5.82. The fourth-order valence-corrected chi connectivity index (χ4v) is 6.46. The second-order valence-corrected chi connectivity index (χ2v) is 9.47. The third-order valence-electron chi connectivity index (χ3n) is 7.56. The Bertz CT molecular complexity index is 413. The van der Waals surface area contributed by atoms with Gasteiger partial charge in [0.1, 0.15) is 0 Å². The first-order valence-electron chi connectivity index (χ1n) is 11.1. The largest absolute Gasteiger partial charge is 0.363 e. The second kappa shape index (κ2) is 7.79. The Morgan fingerprint density at radius 1 is 0.708 bits per heavy atom. The van der Waals surface area contributed by atoms with Crippen LogP contribution in [0.1, 0.15) is 89.9 Å². The van der Waals surface area contributed by atoms with E-state index in [0.29, 0.717) is 6.04 Å². The van der Waals surface area contributed by atoms with Crippen molar-refractivity contribution in [1.29, 1.82) is 0 Å². The molecule has 136 valence electrons. The zero-order valence-corrected chi connectivity index (χ0v) is 15.9.